The lowest BCUT2D eigenvalue weighted by Crippen LogP contribution is -2.43. The molecule has 0 N–H and O–H groups in total. The Labute approximate surface area is 259 Å². The molecule has 1 aliphatic carbocycles. The van der Waals surface area contributed by atoms with Crippen molar-refractivity contribution < 1.29 is 18.8 Å². The van der Waals surface area contributed by atoms with E-state index in [4.69, 9.17) is 9.26 Å². The number of ether oxygens (including phenoxy) is 1. The molecule has 0 spiro atoms. The van der Waals surface area contributed by atoms with Gasteiger partial charge in [0.15, 0.2) is 0 Å². The SMILES string of the molecule is C/C(C=O)=C\CC[C@H](/C=C/C(=O)O[C@@H]1C[C@H](C)CC[C@H]1C(C)(C)c1ccccc1)OP(c1ccccc1)c1ccccc1. The molecule has 1 saturated carbocycles. The standard InChI is InChI=1S/C38H45O4P/c1-29-23-25-35(38(3,4)31-16-8-5-9-17-31)36(27-29)41-37(40)26-24-32(18-14-15-30(2)28-39)42-43(33-19-10-6-11-20-33)34-21-12-7-13-22-34/h5-13,15-17,19-22,24,26,28-29,32,35-36H,14,18,23,25,27H2,1-4H3/b26-24+,30-15+/t29-,32-,35-,36-/m1/s1. The van der Waals surface area contributed by atoms with Crippen LogP contribution in [0.25, 0.3) is 0 Å². The number of rotatable bonds is 13. The van der Waals surface area contributed by atoms with Gasteiger partial charge in [-0.05, 0) is 61.2 Å². The molecule has 1 fully saturated rings. The van der Waals surface area contributed by atoms with Crippen LogP contribution in [-0.2, 0) is 24.3 Å². The molecule has 4 atom stereocenters. The molecular weight excluding hydrogens is 551 g/mol. The van der Waals surface area contributed by atoms with Crippen LogP contribution in [0.15, 0.2) is 115 Å². The summed E-state index contributed by atoms with van der Waals surface area (Å²) in [4.78, 5) is 24.5. The molecule has 0 heterocycles. The molecule has 5 heteroatoms. The Morgan fingerprint density at radius 1 is 0.930 bits per heavy atom. The van der Waals surface area contributed by atoms with Crippen molar-refractivity contribution in [1.82, 2.24) is 0 Å². The molecule has 0 bridgehead atoms. The van der Waals surface area contributed by atoms with E-state index in [-0.39, 0.29) is 29.5 Å². The quantitative estimate of drug-likeness (QED) is 0.0863. The second-order valence-electron chi connectivity index (χ2n) is 12.2. The smallest absolute Gasteiger partial charge is 0.330 e. The second kappa shape index (κ2) is 15.9. The summed E-state index contributed by atoms with van der Waals surface area (Å²) >= 11 is 0. The van der Waals surface area contributed by atoms with E-state index in [1.165, 1.54) is 5.56 Å². The van der Waals surface area contributed by atoms with E-state index in [1.807, 2.05) is 54.6 Å². The monoisotopic (exact) mass is 596 g/mol. The number of esters is 1. The third-order valence-corrected chi connectivity index (χ3v) is 10.6. The predicted molar refractivity (Wildman–Crippen MR) is 178 cm³/mol. The number of aldehydes is 1. The third kappa shape index (κ3) is 9.33. The van der Waals surface area contributed by atoms with Crippen LogP contribution < -0.4 is 10.6 Å². The van der Waals surface area contributed by atoms with Gasteiger partial charge in [0.25, 0.3) is 0 Å². The number of benzene rings is 3. The molecule has 0 aromatic heterocycles. The molecule has 0 radical (unpaired) electrons. The Bertz CT molecular complexity index is 1310. The van der Waals surface area contributed by atoms with Gasteiger partial charge in [-0.25, -0.2) is 4.79 Å². The molecule has 43 heavy (non-hydrogen) atoms. The summed E-state index contributed by atoms with van der Waals surface area (Å²) in [7, 11) is -1.12. The zero-order valence-corrected chi connectivity index (χ0v) is 26.8. The van der Waals surface area contributed by atoms with E-state index in [0.717, 1.165) is 36.2 Å². The molecule has 4 nitrogen and oxygen atoms in total. The fraction of sp³-hybridized carbons (Fsp3) is 0.368. The van der Waals surface area contributed by atoms with Gasteiger partial charge in [-0.15, -0.1) is 0 Å². The highest BCUT2D eigenvalue weighted by molar-refractivity contribution is 7.68. The average Bonchev–Trinajstić information content (AvgIpc) is 3.03. The van der Waals surface area contributed by atoms with Gasteiger partial charge >= 0.3 is 5.97 Å². The second-order valence-corrected chi connectivity index (χ2v) is 14.0. The van der Waals surface area contributed by atoms with Crippen molar-refractivity contribution in [2.24, 2.45) is 11.8 Å². The van der Waals surface area contributed by atoms with E-state index in [1.54, 1.807) is 13.0 Å². The molecule has 0 saturated heterocycles. The van der Waals surface area contributed by atoms with Gasteiger partial charge in [0.1, 0.15) is 12.4 Å². The molecule has 4 rings (SSSR count). The first-order chi connectivity index (χ1) is 20.8. The maximum Gasteiger partial charge on any atom is 0.330 e. The summed E-state index contributed by atoms with van der Waals surface area (Å²) in [5.74, 6) is 0.412. The largest absolute Gasteiger partial charge is 0.459 e. The average molecular weight is 597 g/mol. The number of hydrogen-bond acceptors (Lipinski definition) is 4. The summed E-state index contributed by atoms with van der Waals surface area (Å²) < 4.78 is 13.0. The molecule has 0 unspecified atom stereocenters. The van der Waals surface area contributed by atoms with Gasteiger partial charge in [-0.2, -0.15) is 0 Å². The number of hydrogen-bond donors (Lipinski definition) is 0. The van der Waals surface area contributed by atoms with Crippen LogP contribution in [0, 0.1) is 11.8 Å². The van der Waals surface area contributed by atoms with Gasteiger partial charge in [-0.3, -0.25) is 4.79 Å². The molecule has 226 valence electrons. The van der Waals surface area contributed by atoms with E-state index in [2.05, 4.69) is 69.3 Å². The topological polar surface area (TPSA) is 52.6 Å². The van der Waals surface area contributed by atoms with Crippen molar-refractivity contribution in [2.45, 2.75) is 77.4 Å². The summed E-state index contributed by atoms with van der Waals surface area (Å²) in [6, 6.07) is 31.0. The lowest BCUT2D eigenvalue weighted by atomic mass is 9.64. The highest BCUT2D eigenvalue weighted by atomic mass is 31.1. The van der Waals surface area contributed by atoms with Gasteiger partial charge in [0.05, 0.1) is 14.3 Å². The predicted octanol–water partition coefficient (Wildman–Crippen LogP) is 8.23. The minimum atomic E-state index is -1.12. The number of allylic oxidation sites excluding steroid dienone is 2. The Balaban J connectivity index is 1.54. The van der Waals surface area contributed by atoms with Crippen LogP contribution in [-0.4, -0.2) is 24.5 Å². The van der Waals surface area contributed by atoms with Crippen molar-refractivity contribution >= 4 is 31.0 Å². The van der Waals surface area contributed by atoms with E-state index in [0.29, 0.717) is 24.3 Å². The highest BCUT2D eigenvalue weighted by Gasteiger charge is 2.41. The van der Waals surface area contributed by atoms with Crippen molar-refractivity contribution in [1.29, 1.82) is 0 Å². The minimum Gasteiger partial charge on any atom is -0.459 e. The van der Waals surface area contributed by atoms with Crippen molar-refractivity contribution in [3.05, 3.63) is 120 Å². The summed E-state index contributed by atoms with van der Waals surface area (Å²) in [5, 5.41) is 2.21. The first-order valence-electron chi connectivity index (χ1n) is 15.4. The zero-order valence-electron chi connectivity index (χ0n) is 25.9. The fourth-order valence-corrected chi connectivity index (χ4v) is 7.85. The number of carbonyl (C=O) groups excluding carboxylic acids is 2. The number of carbonyl (C=O) groups is 2. The molecular formula is C38H45O4P. The van der Waals surface area contributed by atoms with Gasteiger partial charge in [0.2, 0.25) is 0 Å². The van der Waals surface area contributed by atoms with Crippen LogP contribution in [0.1, 0.15) is 65.4 Å². The Hall–Kier alpha value is -3.33. The lowest BCUT2D eigenvalue weighted by molar-refractivity contribution is -0.150. The highest BCUT2D eigenvalue weighted by Crippen LogP contribution is 2.44. The van der Waals surface area contributed by atoms with Crippen LogP contribution in [0.3, 0.4) is 0 Å². The maximum absolute atomic E-state index is 13.4. The molecule has 0 aliphatic heterocycles. The van der Waals surface area contributed by atoms with Gasteiger partial charge in [0, 0.05) is 22.6 Å². The first kappa shape index (κ1) is 32.6. The Morgan fingerprint density at radius 3 is 2.09 bits per heavy atom. The van der Waals surface area contributed by atoms with Crippen molar-refractivity contribution in [2.75, 3.05) is 0 Å². The fourth-order valence-electron chi connectivity index (χ4n) is 5.98. The molecule has 3 aromatic rings. The van der Waals surface area contributed by atoms with Crippen LogP contribution in [0.5, 0.6) is 0 Å². The molecule has 0 amide bonds. The third-order valence-electron chi connectivity index (χ3n) is 8.54. The van der Waals surface area contributed by atoms with Crippen LogP contribution in [0.4, 0.5) is 0 Å². The van der Waals surface area contributed by atoms with Crippen LogP contribution in [0.2, 0.25) is 0 Å². The normalized spacial score (nSPS) is 20.2. The van der Waals surface area contributed by atoms with E-state index >= 15 is 0 Å². The van der Waals surface area contributed by atoms with Crippen molar-refractivity contribution in [3.8, 4) is 0 Å². The summed E-state index contributed by atoms with van der Waals surface area (Å²) in [6.07, 6.45) is 10.0. The lowest BCUT2D eigenvalue weighted by Gasteiger charge is -2.43. The zero-order chi connectivity index (χ0) is 30.7. The van der Waals surface area contributed by atoms with Gasteiger partial charge < -0.3 is 9.26 Å². The minimum absolute atomic E-state index is 0.119. The summed E-state index contributed by atoms with van der Waals surface area (Å²) in [5.41, 5.74) is 1.84. The summed E-state index contributed by atoms with van der Waals surface area (Å²) in [6.45, 7) is 8.59. The maximum atomic E-state index is 13.4. The molecule has 3 aromatic carbocycles. The van der Waals surface area contributed by atoms with E-state index < -0.39 is 8.15 Å². The Kier molecular flexibility index (Phi) is 12.1. The Morgan fingerprint density at radius 2 is 1.51 bits per heavy atom. The van der Waals surface area contributed by atoms with E-state index in [9.17, 15) is 9.59 Å². The van der Waals surface area contributed by atoms with Crippen molar-refractivity contribution in [3.63, 3.8) is 0 Å². The molecule has 1 aliphatic rings. The van der Waals surface area contributed by atoms with Crippen LogP contribution >= 0.6 is 8.15 Å². The van der Waals surface area contributed by atoms with Gasteiger partial charge in [-0.1, -0.05) is 124 Å². The first-order valence-corrected chi connectivity index (χ1v) is 16.7.